The van der Waals surface area contributed by atoms with Crippen molar-refractivity contribution in [2.45, 2.75) is 39.7 Å². The average molecular weight is 570 g/mol. The number of carbonyl (C=O) groups excluding carboxylic acids is 2. The van der Waals surface area contributed by atoms with E-state index < -0.39 is 11.4 Å². The molecule has 3 heterocycles. The summed E-state index contributed by atoms with van der Waals surface area (Å²) in [5, 5.41) is 14.7. The molecular formula is C28H33ClFN7O3. The number of hydrogen-bond acceptors (Lipinski definition) is 8. The minimum absolute atomic E-state index is 0.167. The maximum Gasteiger partial charge on any atom is 0.410 e. The number of hydrogen-bond donors (Lipinski definition) is 2. The van der Waals surface area contributed by atoms with E-state index in [-0.39, 0.29) is 24.0 Å². The first-order chi connectivity index (χ1) is 19.0. The van der Waals surface area contributed by atoms with E-state index in [9.17, 15) is 14.0 Å². The highest BCUT2D eigenvalue weighted by molar-refractivity contribution is 6.30. The Balaban J connectivity index is 1.31. The molecule has 0 radical (unpaired) electrons. The molecule has 0 bridgehead atoms. The SMILES string of the molecule is Cc1nnc(-c2cc(Cl)ccc2F)cc1Nc1ccnc(NC(=O)CCN2CCN(C(=O)OC(C)(C)C)CC2)c1. The molecule has 0 atom stereocenters. The van der Waals surface area contributed by atoms with Gasteiger partial charge < -0.3 is 20.3 Å². The largest absolute Gasteiger partial charge is 0.444 e. The van der Waals surface area contributed by atoms with Crippen LogP contribution in [0.2, 0.25) is 5.02 Å². The van der Waals surface area contributed by atoms with Crippen LogP contribution >= 0.6 is 11.6 Å². The number of amides is 2. The smallest absolute Gasteiger partial charge is 0.410 e. The van der Waals surface area contributed by atoms with Crippen molar-refractivity contribution in [2.24, 2.45) is 0 Å². The van der Waals surface area contributed by atoms with E-state index >= 15 is 0 Å². The van der Waals surface area contributed by atoms with Crippen molar-refractivity contribution in [3.63, 3.8) is 0 Å². The summed E-state index contributed by atoms with van der Waals surface area (Å²) in [4.78, 5) is 32.9. The van der Waals surface area contributed by atoms with Crippen molar-refractivity contribution in [2.75, 3.05) is 43.4 Å². The van der Waals surface area contributed by atoms with Crippen LogP contribution in [0.15, 0.2) is 42.6 Å². The van der Waals surface area contributed by atoms with Gasteiger partial charge in [0, 0.05) is 67.7 Å². The van der Waals surface area contributed by atoms with Crippen molar-refractivity contribution in [3.8, 4) is 11.3 Å². The standard InChI is InChI=1S/C28H33ClFN7O3/c1-18-23(17-24(35-34-18)21-15-19(29)5-6-22(21)30)32-20-7-9-31-25(16-20)33-26(38)8-10-36-11-13-37(14-12-36)27(39)40-28(2,3)4/h5-7,9,15-17H,8,10-14H2,1-4H3,(H2,31,32,33,35,38). The summed E-state index contributed by atoms with van der Waals surface area (Å²) in [6.07, 6.45) is 1.55. The highest BCUT2D eigenvalue weighted by atomic mass is 35.5. The molecule has 12 heteroatoms. The molecule has 0 saturated carbocycles. The molecule has 1 aromatic carbocycles. The molecular weight excluding hydrogens is 537 g/mol. The third-order valence-electron chi connectivity index (χ3n) is 6.17. The van der Waals surface area contributed by atoms with Gasteiger partial charge in [0.2, 0.25) is 5.91 Å². The van der Waals surface area contributed by atoms with Gasteiger partial charge in [-0.3, -0.25) is 9.69 Å². The monoisotopic (exact) mass is 569 g/mol. The van der Waals surface area contributed by atoms with Crippen molar-refractivity contribution < 1.29 is 18.7 Å². The molecule has 0 aliphatic carbocycles. The number of halogens is 2. The second kappa shape index (κ2) is 12.6. The molecule has 2 N–H and O–H groups in total. The van der Waals surface area contributed by atoms with Gasteiger partial charge in [-0.25, -0.2) is 14.2 Å². The van der Waals surface area contributed by atoms with Crippen LogP contribution in [0, 0.1) is 12.7 Å². The van der Waals surface area contributed by atoms with Crippen LogP contribution in [0.3, 0.4) is 0 Å². The lowest BCUT2D eigenvalue weighted by molar-refractivity contribution is -0.116. The van der Waals surface area contributed by atoms with Gasteiger partial charge in [0.25, 0.3) is 0 Å². The van der Waals surface area contributed by atoms with Gasteiger partial charge in [0.15, 0.2) is 0 Å². The Morgan fingerprint density at radius 1 is 1.07 bits per heavy atom. The predicted octanol–water partition coefficient (Wildman–Crippen LogP) is 5.26. The number of nitrogens with zero attached hydrogens (tertiary/aromatic N) is 5. The Labute approximate surface area is 237 Å². The van der Waals surface area contributed by atoms with E-state index in [1.165, 1.54) is 18.2 Å². The number of nitrogens with one attached hydrogen (secondary N) is 2. The number of pyridine rings is 1. The highest BCUT2D eigenvalue weighted by Crippen LogP contribution is 2.28. The van der Waals surface area contributed by atoms with Crippen LogP contribution in [0.4, 0.5) is 26.4 Å². The Morgan fingerprint density at radius 3 is 2.55 bits per heavy atom. The number of aromatic nitrogens is 3. The summed E-state index contributed by atoms with van der Waals surface area (Å²) in [6.45, 7) is 10.3. The van der Waals surface area contributed by atoms with Crippen LogP contribution in [-0.2, 0) is 9.53 Å². The third kappa shape index (κ3) is 8.09. The van der Waals surface area contributed by atoms with Gasteiger partial charge in [0.1, 0.15) is 17.2 Å². The second-order valence-corrected chi connectivity index (χ2v) is 11.0. The zero-order valence-corrected chi connectivity index (χ0v) is 23.8. The molecule has 4 rings (SSSR count). The molecule has 40 heavy (non-hydrogen) atoms. The van der Waals surface area contributed by atoms with Gasteiger partial charge in [-0.2, -0.15) is 10.2 Å². The van der Waals surface area contributed by atoms with Gasteiger partial charge in [0.05, 0.1) is 17.1 Å². The first-order valence-corrected chi connectivity index (χ1v) is 13.4. The van der Waals surface area contributed by atoms with E-state index in [0.717, 1.165) is 0 Å². The lowest BCUT2D eigenvalue weighted by Gasteiger charge is -2.35. The van der Waals surface area contributed by atoms with Crippen molar-refractivity contribution in [1.29, 1.82) is 0 Å². The predicted molar refractivity (Wildman–Crippen MR) is 152 cm³/mol. The highest BCUT2D eigenvalue weighted by Gasteiger charge is 2.26. The van der Waals surface area contributed by atoms with Crippen LogP contribution in [0.25, 0.3) is 11.3 Å². The van der Waals surface area contributed by atoms with E-state index in [1.807, 2.05) is 20.8 Å². The summed E-state index contributed by atoms with van der Waals surface area (Å²) in [5.41, 5.74) is 1.95. The minimum Gasteiger partial charge on any atom is -0.444 e. The molecule has 10 nitrogen and oxygen atoms in total. The lowest BCUT2D eigenvalue weighted by Crippen LogP contribution is -2.50. The van der Waals surface area contributed by atoms with Crippen LogP contribution < -0.4 is 10.6 Å². The Kier molecular flexibility index (Phi) is 9.16. The number of carbonyl (C=O) groups is 2. The van der Waals surface area contributed by atoms with E-state index in [2.05, 4.69) is 30.7 Å². The quantitative estimate of drug-likeness (QED) is 0.396. The summed E-state index contributed by atoms with van der Waals surface area (Å²) < 4.78 is 19.8. The lowest BCUT2D eigenvalue weighted by atomic mass is 10.1. The molecule has 0 spiro atoms. The van der Waals surface area contributed by atoms with Crippen molar-refractivity contribution in [3.05, 3.63) is 59.1 Å². The van der Waals surface area contributed by atoms with Gasteiger partial charge >= 0.3 is 6.09 Å². The van der Waals surface area contributed by atoms with E-state index in [0.29, 0.717) is 66.3 Å². The number of aryl methyl sites for hydroxylation is 1. The average Bonchev–Trinajstić information content (AvgIpc) is 2.90. The van der Waals surface area contributed by atoms with E-state index in [1.54, 1.807) is 36.2 Å². The number of rotatable bonds is 7. The Hall–Kier alpha value is -3.83. The molecule has 212 valence electrons. The Bertz CT molecular complexity index is 1370. The molecule has 1 aliphatic heterocycles. The van der Waals surface area contributed by atoms with Crippen LogP contribution in [0.5, 0.6) is 0 Å². The van der Waals surface area contributed by atoms with E-state index in [4.69, 9.17) is 16.3 Å². The summed E-state index contributed by atoms with van der Waals surface area (Å²) in [6, 6.07) is 9.41. The zero-order chi connectivity index (χ0) is 28.9. The molecule has 3 aromatic rings. The maximum absolute atomic E-state index is 14.4. The Morgan fingerprint density at radius 2 is 1.82 bits per heavy atom. The normalized spacial score (nSPS) is 14.1. The van der Waals surface area contributed by atoms with Gasteiger partial charge in [-0.1, -0.05) is 11.6 Å². The first kappa shape index (κ1) is 29.2. The van der Waals surface area contributed by atoms with Gasteiger partial charge in [-0.05, 0) is 58.0 Å². The molecule has 1 aliphatic rings. The molecule has 2 aromatic heterocycles. The third-order valence-corrected chi connectivity index (χ3v) is 6.40. The number of benzene rings is 1. The van der Waals surface area contributed by atoms with Crippen molar-refractivity contribution >= 4 is 40.8 Å². The summed E-state index contributed by atoms with van der Waals surface area (Å²) >= 11 is 6.04. The second-order valence-electron chi connectivity index (χ2n) is 10.5. The number of ether oxygens (including phenoxy) is 1. The fourth-order valence-corrected chi connectivity index (χ4v) is 4.25. The zero-order valence-electron chi connectivity index (χ0n) is 23.0. The maximum atomic E-state index is 14.4. The fraction of sp³-hybridized carbons (Fsp3) is 0.393. The molecule has 2 amide bonds. The van der Waals surface area contributed by atoms with Crippen LogP contribution in [0.1, 0.15) is 32.9 Å². The molecule has 0 unspecified atom stereocenters. The van der Waals surface area contributed by atoms with Gasteiger partial charge in [-0.15, -0.1) is 0 Å². The molecule has 1 fully saturated rings. The first-order valence-electron chi connectivity index (χ1n) is 13.0. The number of piperazine rings is 1. The summed E-state index contributed by atoms with van der Waals surface area (Å²) in [5.74, 6) is -0.224. The van der Waals surface area contributed by atoms with Crippen molar-refractivity contribution in [1.82, 2.24) is 25.0 Å². The fourth-order valence-electron chi connectivity index (χ4n) is 4.08. The summed E-state index contributed by atoms with van der Waals surface area (Å²) in [7, 11) is 0. The van der Waals surface area contributed by atoms with Crippen LogP contribution in [-0.4, -0.2) is 75.3 Å². The minimum atomic E-state index is -0.527. The number of anilines is 3. The topological polar surface area (TPSA) is 113 Å². The molecule has 1 saturated heterocycles.